The summed E-state index contributed by atoms with van der Waals surface area (Å²) >= 11 is 3.36. The Kier molecular flexibility index (Phi) is 33.6. The number of methoxy groups -OCH3 is 4. The first-order valence-corrected chi connectivity index (χ1v) is 33.1. The zero-order chi connectivity index (χ0) is 60.6. The van der Waals surface area contributed by atoms with E-state index in [9.17, 15) is 9.59 Å². The van der Waals surface area contributed by atoms with E-state index in [1.807, 2.05) is 60.7 Å². The Morgan fingerprint density at radius 3 is 1.44 bits per heavy atom. The monoisotopic (exact) mass is 1510 g/mol. The second-order valence-corrected chi connectivity index (χ2v) is 24.3. The van der Waals surface area contributed by atoms with Gasteiger partial charge in [0.1, 0.15) is 34.6 Å². The summed E-state index contributed by atoms with van der Waals surface area (Å²) in [7, 11) is 6.83. The second-order valence-electron chi connectivity index (χ2n) is 23.7. The van der Waals surface area contributed by atoms with Crippen LogP contribution in [0.15, 0.2) is 181 Å². The molecule has 2 atom stereocenters. The van der Waals surface area contributed by atoms with Gasteiger partial charge in [-0.3, -0.25) is 9.59 Å². The molecule has 2 aliphatic heterocycles. The summed E-state index contributed by atoms with van der Waals surface area (Å²) < 4.78 is 21.1. The third-order valence-corrected chi connectivity index (χ3v) is 18.7. The van der Waals surface area contributed by atoms with Crippen LogP contribution in [0.3, 0.4) is 0 Å². The van der Waals surface area contributed by atoms with Gasteiger partial charge in [0.05, 0.1) is 28.4 Å². The predicted molar refractivity (Wildman–Crippen MR) is 374 cm³/mol. The molecule has 7 aliphatic rings. The van der Waals surface area contributed by atoms with Gasteiger partial charge in [-0.15, -0.1) is 0 Å². The molecule has 14 rings (SSSR count). The van der Waals surface area contributed by atoms with Crippen molar-refractivity contribution in [3.05, 3.63) is 242 Å². The molecule has 0 spiro atoms. The first-order valence-electron chi connectivity index (χ1n) is 32.0. The Hall–Kier alpha value is -5.84. The molecule has 1 saturated carbocycles. The number of fused-ring (bicyclic) bond motifs is 4. The van der Waals surface area contributed by atoms with Crippen LogP contribution in [0, 0.1) is 44.1 Å². The van der Waals surface area contributed by atoms with Crippen LogP contribution < -0.4 is 24.3 Å². The van der Waals surface area contributed by atoms with E-state index in [0.29, 0.717) is 36.7 Å². The topological polar surface area (TPSA) is 149 Å². The van der Waals surface area contributed by atoms with E-state index >= 15 is 0 Å². The van der Waals surface area contributed by atoms with Crippen molar-refractivity contribution in [1.82, 2.24) is 10.2 Å². The summed E-state index contributed by atoms with van der Waals surface area (Å²) in [6.45, 7) is 4.99. The van der Waals surface area contributed by atoms with Crippen LogP contribution in [-0.2, 0) is 59.9 Å². The van der Waals surface area contributed by atoms with E-state index in [1.54, 1.807) is 39.6 Å². The minimum absolute atomic E-state index is 0. The van der Waals surface area contributed by atoms with Gasteiger partial charge < -0.3 is 40.1 Å². The van der Waals surface area contributed by atoms with Gasteiger partial charge in [-0.1, -0.05) is 150 Å². The number of carbonyl (C=O) groups is 2. The van der Waals surface area contributed by atoms with Crippen molar-refractivity contribution >= 4 is 33.6 Å². The number of ketones is 2. The van der Waals surface area contributed by atoms with E-state index in [2.05, 4.69) is 135 Å². The van der Waals surface area contributed by atoms with E-state index in [-0.39, 0.29) is 68.4 Å². The quantitative estimate of drug-likeness (QED) is 0.105. The number of ether oxygens (including phenoxy) is 4. The van der Waals surface area contributed by atoms with Crippen LogP contribution in [0.25, 0.3) is 6.08 Å². The number of alkyl halides is 1. The molecule has 2 saturated heterocycles. The van der Waals surface area contributed by atoms with E-state index in [4.69, 9.17) is 18.9 Å². The first kappa shape index (κ1) is 75.9. The Labute approximate surface area is 588 Å². The number of benzene rings is 7. The van der Waals surface area contributed by atoms with Gasteiger partial charge in [0.2, 0.25) is 0 Å². The van der Waals surface area contributed by atoms with Gasteiger partial charge in [0.25, 0.3) is 0 Å². The van der Waals surface area contributed by atoms with Gasteiger partial charge in [0, 0.05) is 99.3 Å². The Morgan fingerprint density at radius 1 is 0.462 bits per heavy atom. The molecule has 0 bridgehead atoms. The Morgan fingerprint density at radius 2 is 0.923 bits per heavy atom. The third-order valence-electron chi connectivity index (χ3n) is 18.1. The number of Topliss-reactive ketones (excluding diaryl/α,β-unsaturated/α-hetero) is 2. The van der Waals surface area contributed by atoms with Crippen LogP contribution in [0.2, 0.25) is 0 Å². The number of nitrogens with one attached hydrogen (secondary N) is 1. The number of hydrogen-bond acceptors (Lipinski definition) is 8. The Bertz CT molecular complexity index is 3370. The predicted octanol–water partition coefficient (Wildman–Crippen LogP) is 16.1. The van der Waals surface area contributed by atoms with Crippen LogP contribution in [0.1, 0.15) is 158 Å². The summed E-state index contributed by atoms with van der Waals surface area (Å²) in [5.41, 5.74) is 19.7. The molecule has 0 amide bonds. The fourth-order valence-corrected chi connectivity index (χ4v) is 13.6. The fraction of sp³-hybridized carbons (Fsp3) is 0.392. The number of rotatable bonds is 10. The summed E-state index contributed by atoms with van der Waals surface area (Å²) in [6, 6.07) is 56.6. The van der Waals surface area contributed by atoms with Crippen molar-refractivity contribution in [2.24, 2.45) is 0 Å². The molecule has 12 heteroatoms. The third kappa shape index (κ3) is 22.4. The molecule has 0 aromatic heterocycles. The molecule has 3 fully saturated rings. The van der Waals surface area contributed by atoms with Crippen molar-refractivity contribution in [2.75, 3.05) is 54.6 Å². The minimum Gasteiger partial charge on any atom is -0.497 e. The number of hydrogen-bond donors (Lipinski definition) is 1. The second kappa shape index (κ2) is 40.3. The van der Waals surface area contributed by atoms with Gasteiger partial charge in [-0.2, -0.15) is 0 Å². The van der Waals surface area contributed by atoms with Crippen LogP contribution in [-0.4, -0.2) is 82.0 Å². The number of nitrogens with zero attached hydrogens (tertiary/aromatic N) is 1. The molecule has 483 valence electrons. The minimum atomic E-state index is -0.00736. The summed E-state index contributed by atoms with van der Waals surface area (Å²) in [4.78, 5) is 26.0. The maximum atomic E-state index is 12.3. The first-order chi connectivity index (χ1) is 42.7. The maximum absolute atomic E-state index is 12.3. The molecule has 91 heavy (non-hydrogen) atoms. The molecular weight excluding hydrogens is 1410 g/mol. The van der Waals surface area contributed by atoms with Gasteiger partial charge in [-0.05, 0) is 232 Å². The van der Waals surface area contributed by atoms with Crippen molar-refractivity contribution in [3.63, 3.8) is 0 Å². The molecule has 10 nitrogen and oxygen atoms in total. The molecule has 7 aromatic carbocycles. The Balaban J connectivity index is 0.000000206. The zero-order valence-corrected chi connectivity index (χ0v) is 60.0. The number of aryl methyl sites for hydroxylation is 4. The van der Waals surface area contributed by atoms with Crippen LogP contribution >= 0.6 is 15.9 Å². The molecule has 1 radical (unpaired) electrons. The molecule has 5 aliphatic carbocycles. The van der Waals surface area contributed by atoms with Gasteiger partial charge in [-0.25, -0.2) is 0 Å². The van der Waals surface area contributed by atoms with Gasteiger partial charge >= 0.3 is 0 Å². The van der Waals surface area contributed by atoms with Crippen molar-refractivity contribution in [1.29, 1.82) is 0 Å². The van der Waals surface area contributed by atoms with E-state index in [1.165, 1.54) is 152 Å². The van der Waals surface area contributed by atoms with Gasteiger partial charge in [0.15, 0.2) is 0 Å². The number of carbonyl (C=O) groups excluding carboxylic acids is 2. The van der Waals surface area contributed by atoms with Crippen molar-refractivity contribution < 1.29 is 83.6 Å². The average Bonchev–Trinajstić information content (AvgIpc) is 2.13. The molecule has 2 heterocycles. The zero-order valence-electron chi connectivity index (χ0n) is 53.6. The van der Waals surface area contributed by atoms with E-state index in [0.717, 1.165) is 72.4 Å². The summed E-state index contributed by atoms with van der Waals surface area (Å²) in [5, 5.41) is 4.17. The normalized spacial score (nSPS) is 17.0. The molecule has 7 aromatic rings. The average molecular weight is 1510 g/mol. The fourth-order valence-electron chi connectivity index (χ4n) is 13.2. The van der Waals surface area contributed by atoms with Crippen LogP contribution in [0.5, 0.6) is 23.0 Å². The smallest absolute Gasteiger partial charge is 0.141 e. The standard InChI is InChI=1S/C23H26O.C18H18O2.C15H19NO.C11H12O2.C7H7Br.C4H9N.CH4.Ac.2H2O/c1-24-20-12-14-22-19(16-20)11-13-21(18-9-5-6-10-18)23(22)15-17-7-3-2-4-8-17;1-20-15-8-9-16-14(12-15)7-10-18(19)17(16)11-13-5-3-2-4-6-13;1-17-15-7-5-12-10-14(6-4-13(12)11-15)16-8-2-3-9-16;1-13-11-5-3-8-6-10(12)4-2-9(8)7-11;8-6-7-4-2-1-3-5-7;1-2-4-5-3-1;;;;/h2-4,7-8,12,14,16,23H,5-6,9-11,13,15H2,1H3;2-6,8-9,12,17H,7,10-11H2,1H3;5,7,10-11H,2-4,6,8-9H2,1H3;3,5,7H,2,4,6H2,1H3;1-5H,6H2;5H,1-4H2;1H4;;2*1H2. The van der Waals surface area contributed by atoms with Crippen molar-refractivity contribution in [2.45, 2.75) is 147 Å². The van der Waals surface area contributed by atoms with Crippen LogP contribution in [0.4, 0.5) is 0 Å². The molecular formula is C79H99AcBrN2O8. The van der Waals surface area contributed by atoms with E-state index < -0.39 is 0 Å². The molecule has 5 N–H and O–H groups in total. The summed E-state index contributed by atoms with van der Waals surface area (Å²) in [6.07, 6.45) is 23.5. The number of allylic oxidation sites excluding steroid dienone is 3. The SMILES string of the molecule is BrCc1ccccc1.C.C1CCNC1.COc1ccc2c(c1)CCC(=C1CCCC1)C2Cc1ccccc1.COc1ccc2c(c1)CCC(=O)C2.COc1ccc2c(c1)CCC(=O)C2Cc1ccccc1.COc1ccc2c(c1)CCC(N1CCCC1)=C2.O.O.[Ac]. The van der Waals surface area contributed by atoms with Crippen molar-refractivity contribution in [3.8, 4) is 23.0 Å². The number of likely N-dealkylation sites (tertiary alicyclic amines) is 1. The molecule has 2 unspecified atom stereocenters. The number of halogens is 1. The largest absolute Gasteiger partial charge is 0.497 e. The summed E-state index contributed by atoms with van der Waals surface area (Å²) in [5.74, 6) is 4.96. The maximum Gasteiger partial charge on any atom is 0.141 e.